The molecule has 16 heavy (non-hydrogen) atoms. The maximum atomic E-state index is 11.5. The zero-order chi connectivity index (χ0) is 12.3. The van der Waals surface area contributed by atoms with E-state index in [4.69, 9.17) is 11.6 Å². The van der Waals surface area contributed by atoms with Gasteiger partial charge < -0.3 is 4.90 Å². The van der Waals surface area contributed by atoms with Gasteiger partial charge in [-0.2, -0.15) is 5.10 Å². The van der Waals surface area contributed by atoms with Gasteiger partial charge >= 0.3 is 0 Å². The highest BCUT2D eigenvalue weighted by Gasteiger charge is 2.09. The van der Waals surface area contributed by atoms with Gasteiger partial charge in [-0.1, -0.05) is 11.6 Å². The molecule has 1 aromatic rings. The number of halogens is 1. The van der Waals surface area contributed by atoms with E-state index in [0.717, 1.165) is 11.3 Å². The number of likely N-dealkylation sites (N-methyl/N-ethyl adjacent to an activating group) is 1. The number of rotatable bonds is 3. The molecule has 0 bridgehead atoms. The SMILES string of the molecule is CCN(C)C(=O)/C=C/c1c(C)nn(C)c1Cl. The largest absolute Gasteiger partial charge is 0.343 e. The third-order valence-electron chi connectivity index (χ3n) is 2.44. The van der Waals surface area contributed by atoms with Crippen LogP contribution in [0.5, 0.6) is 0 Å². The van der Waals surface area contributed by atoms with E-state index in [2.05, 4.69) is 5.10 Å². The number of carbonyl (C=O) groups excluding carboxylic acids is 1. The second-order valence-electron chi connectivity index (χ2n) is 3.60. The topological polar surface area (TPSA) is 38.1 Å². The van der Waals surface area contributed by atoms with E-state index in [-0.39, 0.29) is 5.91 Å². The molecule has 0 N–H and O–H groups in total. The third kappa shape index (κ3) is 2.64. The first-order chi connectivity index (χ1) is 7.47. The van der Waals surface area contributed by atoms with Gasteiger partial charge in [0.05, 0.1) is 5.69 Å². The van der Waals surface area contributed by atoms with Gasteiger partial charge in [0.1, 0.15) is 5.15 Å². The van der Waals surface area contributed by atoms with Gasteiger partial charge in [0.25, 0.3) is 0 Å². The first kappa shape index (κ1) is 12.8. The summed E-state index contributed by atoms with van der Waals surface area (Å²) in [5.41, 5.74) is 1.61. The van der Waals surface area contributed by atoms with Crippen molar-refractivity contribution in [3.63, 3.8) is 0 Å². The molecule has 5 heteroatoms. The summed E-state index contributed by atoms with van der Waals surface area (Å²) in [4.78, 5) is 13.2. The summed E-state index contributed by atoms with van der Waals surface area (Å²) < 4.78 is 1.59. The summed E-state index contributed by atoms with van der Waals surface area (Å²) in [5.74, 6) is -0.0400. The van der Waals surface area contributed by atoms with Crippen LogP contribution in [0.2, 0.25) is 5.15 Å². The van der Waals surface area contributed by atoms with Gasteiger partial charge in [0, 0.05) is 32.3 Å². The fourth-order valence-electron chi connectivity index (χ4n) is 1.27. The minimum atomic E-state index is -0.0400. The fourth-order valence-corrected chi connectivity index (χ4v) is 1.51. The Kier molecular flexibility index (Phi) is 4.12. The molecule has 0 unspecified atom stereocenters. The molecule has 4 nitrogen and oxygen atoms in total. The molecule has 1 heterocycles. The van der Waals surface area contributed by atoms with Crippen LogP contribution in [0.25, 0.3) is 6.08 Å². The number of hydrogen-bond donors (Lipinski definition) is 0. The standard InChI is InChI=1S/C11H16ClN3O/c1-5-14(3)10(16)7-6-9-8(2)13-15(4)11(9)12/h6-7H,5H2,1-4H3/b7-6+. The van der Waals surface area contributed by atoms with E-state index in [1.807, 2.05) is 13.8 Å². The molecule has 0 fully saturated rings. The third-order valence-corrected chi connectivity index (χ3v) is 2.89. The number of amides is 1. The minimum Gasteiger partial charge on any atom is -0.343 e. The van der Waals surface area contributed by atoms with E-state index < -0.39 is 0 Å². The lowest BCUT2D eigenvalue weighted by Gasteiger charge is -2.10. The predicted octanol–water partition coefficient (Wildman–Crippen LogP) is 1.87. The number of aryl methyl sites for hydroxylation is 2. The van der Waals surface area contributed by atoms with Gasteiger partial charge in [-0.05, 0) is 19.9 Å². The van der Waals surface area contributed by atoms with Crippen LogP contribution in [0.4, 0.5) is 0 Å². The van der Waals surface area contributed by atoms with Crippen molar-refractivity contribution in [3.05, 3.63) is 22.5 Å². The van der Waals surface area contributed by atoms with Gasteiger partial charge in [-0.3, -0.25) is 9.48 Å². The maximum absolute atomic E-state index is 11.5. The van der Waals surface area contributed by atoms with E-state index in [9.17, 15) is 4.79 Å². The Hall–Kier alpha value is -1.29. The number of hydrogen-bond acceptors (Lipinski definition) is 2. The van der Waals surface area contributed by atoms with Gasteiger partial charge in [-0.15, -0.1) is 0 Å². The average molecular weight is 242 g/mol. The molecule has 0 radical (unpaired) electrons. The van der Waals surface area contributed by atoms with Gasteiger partial charge in [0.15, 0.2) is 0 Å². The number of nitrogens with zero attached hydrogens (tertiary/aromatic N) is 3. The number of carbonyl (C=O) groups is 1. The van der Waals surface area contributed by atoms with E-state index in [1.165, 1.54) is 6.08 Å². The second-order valence-corrected chi connectivity index (χ2v) is 3.96. The van der Waals surface area contributed by atoms with Crippen LogP contribution in [0, 0.1) is 6.92 Å². The molecule has 0 spiro atoms. The van der Waals surface area contributed by atoms with Crippen molar-refractivity contribution in [1.82, 2.24) is 14.7 Å². The molecule has 0 aromatic carbocycles. The van der Waals surface area contributed by atoms with Crippen molar-refractivity contribution in [2.24, 2.45) is 7.05 Å². The normalized spacial score (nSPS) is 11.1. The van der Waals surface area contributed by atoms with Crippen LogP contribution in [-0.2, 0) is 11.8 Å². The van der Waals surface area contributed by atoms with E-state index in [1.54, 1.807) is 29.8 Å². The zero-order valence-electron chi connectivity index (χ0n) is 9.99. The van der Waals surface area contributed by atoms with Crippen LogP contribution in [-0.4, -0.2) is 34.2 Å². The second kappa shape index (κ2) is 5.16. The van der Waals surface area contributed by atoms with Crippen LogP contribution in [0.1, 0.15) is 18.2 Å². The summed E-state index contributed by atoms with van der Waals surface area (Å²) in [5, 5.41) is 4.70. The Bertz CT molecular complexity index is 423. The van der Waals surface area contributed by atoms with Crippen molar-refractivity contribution >= 4 is 23.6 Å². The first-order valence-electron chi connectivity index (χ1n) is 5.09. The molecule has 1 amide bonds. The van der Waals surface area contributed by atoms with Crippen LogP contribution in [0.15, 0.2) is 6.08 Å². The molecule has 0 aliphatic heterocycles. The van der Waals surface area contributed by atoms with Gasteiger partial charge in [-0.25, -0.2) is 0 Å². The molecule has 0 atom stereocenters. The Morgan fingerprint density at radius 2 is 2.25 bits per heavy atom. The Morgan fingerprint density at radius 3 is 2.69 bits per heavy atom. The molecule has 0 saturated heterocycles. The molecule has 0 aliphatic carbocycles. The smallest absolute Gasteiger partial charge is 0.246 e. The van der Waals surface area contributed by atoms with Gasteiger partial charge in [0.2, 0.25) is 5.91 Å². The molecular formula is C11H16ClN3O. The first-order valence-corrected chi connectivity index (χ1v) is 5.47. The fraction of sp³-hybridized carbons (Fsp3) is 0.455. The number of aromatic nitrogens is 2. The Labute approximate surface area is 100 Å². The maximum Gasteiger partial charge on any atom is 0.246 e. The molecule has 1 aromatic heterocycles. The van der Waals surface area contributed by atoms with Crippen molar-refractivity contribution in [3.8, 4) is 0 Å². The van der Waals surface area contributed by atoms with Crippen LogP contribution in [0.3, 0.4) is 0 Å². The molecular weight excluding hydrogens is 226 g/mol. The highest BCUT2D eigenvalue weighted by Crippen LogP contribution is 2.19. The molecule has 88 valence electrons. The summed E-state index contributed by atoms with van der Waals surface area (Å²) >= 11 is 6.04. The van der Waals surface area contributed by atoms with Crippen molar-refractivity contribution in [2.45, 2.75) is 13.8 Å². The summed E-state index contributed by atoms with van der Waals surface area (Å²) in [6.07, 6.45) is 3.22. The Morgan fingerprint density at radius 1 is 1.62 bits per heavy atom. The molecule has 1 rings (SSSR count). The Balaban J connectivity index is 2.88. The van der Waals surface area contributed by atoms with Crippen LogP contribution < -0.4 is 0 Å². The quantitative estimate of drug-likeness (QED) is 0.758. The molecule has 0 saturated carbocycles. The van der Waals surface area contributed by atoms with E-state index in [0.29, 0.717) is 11.7 Å². The van der Waals surface area contributed by atoms with Crippen molar-refractivity contribution in [1.29, 1.82) is 0 Å². The zero-order valence-corrected chi connectivity index (χ0v) is 10.7. The lowest BCUT2D eigenvalue weighted by Crippen LogP contribution is -2.23. The molecule has 0 aliphatic rings. The summed E-state index contributed by atoms with van der Waals surface area (Å²) in [6.45, 7) is 4.47. The highest BCUT2D eigenvalue weighted by atomic mass is 35.5. The highest BCUT2D eigenvalue weighted by molar-refractivity contribution is 6.31. The van der Waals surface area contributed by atoms with E-state index >= 15 is 0 Å². The summed E-state index contributed by atoms with van der Waals surface area (Å²) in [7, 11) is 3.52. The predicted molar refractivity (Wildman–Crippen MR) is 65.3 cm³/mol. The van der Waals surface area contributed by atoms with Crippen LogP contribution >= 0.6 is 11.6 Å². The minimum absolute atomic E-state index is 0.0400. The lowest BCUT2D eigenvalue weighted by atomic mass is 10.2. The monoisotopic (exact) mass is 241 g/mol. The summed E-state index contributed by atoms with van der Waals surface area (Å²) in [6, 6.07) is 0. The van der Waals surface area contributed by atoms with Crippen molar-refractivity contribution < 1.29 is 4.79 Å². The van der Waals surface area contributed by atoms with Crippen molar-refractivity contribution in [2.75, 3.05) is 13.6 Å². The lowest BCUT2D eigenvalue weighted by molar-refractivity contribution is -0.124. The average Bonchev–Trinajstić information content (AvgIpc) is 2.49.